The number of carbonyl (C=O) groups excluding carboxylic acids is 3. The van der Waals surface area contributed by atoms with E-state index in [0.717, 1.165) is 54.7 Å². The molecule has 51 heavy (non-hydrogen) atoms. The molecule has 2 fully saturated rings. The van der Waals surface area contributed by atoms with Gasteiger partial charge in [-0.1, -0.05) is 120 Å². The summed E-state index contributed by atoms with van der Waals surface area (Å²) < 4.78 is 18.7. The summed E-state index contributed by atoms with van der Waals surface area (Å²) in [6.07, 6.45) is -1.01. The number of benzene rings is 5. The molecule has 250 valence electrons. The van der Waals surface area contributed by atoms with Crippen molar-refractivity contribution in [2.24, 2.45) is 0 Å². The van der Waals surface area contributed by atoms with Crippen molar-refractivity contribution in [1.82, 2.24) is 18.9 Å². The Labute approximate surface area is 305 Å². The molecule has 0 unspecified atom stereocenters. The fourth-order valence-corrected chi connectivity index (χ4v) is 10.3. The quantitative estimate of drug-likeness (QED) is 0.100. The Morgan fingerprint density at radius 3 is 1.92 bits per heavy atom. The highest BCUT2D eigenvalue weighted by Crippen LogP contribution is 2.56. The SMILES string of the molecule is O=C1c2c(c3c4ccccc4n4c3c3c2c2ccccc2n3[C@@H]2C[C@H]3[C@H](OC(=O)N3Cc3ccccc3)[C@@]4(CI)O2)C(=O)N1Cc1ccccc1. The number of halogens is 1. The van der Waals surface area contributed by atoms with Gasteiger partial charge in [0, 0.05) is 34.5 Å². The molecule has 0 spiro atoms. The van der Waals surface area contributed by atoms with Crippen LogP contribution in [0.1, 0.15) is 44.5 Å². The summed E-state index contributed by atoms with van der Waals surface area (Å²) in [4.78, 5) is 46.6. The second-order valence-electron chi connectivity index (χ2n) is 13.9. The van der Waals surface area contributed by atoms with Gasteiger partial charge in [-0.15, -0.1) is 0 Å². The van der Waals surface area contributed by atoms with Crippen LogP contribution in [0.25, 0.3) is 43.6 Å². The monoisotopic (exact) mass is 784 g/mol. The van der Waals surface area contributed by atoms with Crippen molar-refractivity contribution in [3.8, 4) is 0 Å². The minimum absolute atomic E-state index is 0.174. The number of hydrogen-bond acceptors (Lipinski definition) is 5. The number of imide groups is 1. The van der Waals surface area contributed by atoms with E-state index in [9.17, 15) is 14.4 Å². The first-order valence-corrected chi connectivity index (χ1v) is 18.7. The molecule has 11 rings (SSSR count). The Bertz CT molecular complexity index is 2670. The van der Waals surface area contributed by atoms with Crippen LogP contribution in [0, 0.1) is 0 Å². The van der Waals surface area contributed by atoms with Crippen LogP contribution in [-0.4, -0.2) is 53.4 Å². The molecule has 6 heterocycles. The number of fused-ring (bicyclic) bond motifs is 15. The summed E-state index contributed by atoms with van der Waals surface area (Å²) in [5.74, 6) is -0.603. The summed E-state index contributed by atoms with van der Waals surface area (Å²) in [6.45, 7) is 0.587. The minimum Gasteiger partial charge on any atom is -0.439 e. The van der Waals surface area contributed by atoms with E-state index in [0.29, 0.717) is 28.5 Å². The fraction of sp³-hybridized carbons (Fsp3) is 0.195. The highest BCUT2D eigenvalue weighted by Gasteiger charge is 2.62. The molecule has 4 aliphatic heterocycles. The van der Waals surface area contributed by atoms with Gasteiger partial charge in [0.15, 0.2) is 11.8 Å². The zero-order valence-corrected chi connectivity index (χ0v) is 29.3. The number of nitrogens with zero attached hydrogens (tertiary/aromatic N) is 4. The van der Waals surface area contributed by atoms with Crippen molar-refractivity contribution >= 4 is 84.1 Å². The third-order valence-corrected chi connectivity index (χ3v) is 12.4. The summed E-state index contributed by atoms with van der Waals surface area (Å²) in [5, 5.41) is 3.23. The van der Waals surface area contributed by atoms with Crippen LogP contribution in [0.15, 0.2) is 109 Å². The maximum atomic E-state index is 14.8. The van der Waals surface area contributed by atoms with E-state index in [1.165, 1.54) is 4.90 Å². The molecule has 9 nitrogen and oxygen atoms in total. The van der Waals surface area contributed by atoms with Gasteiger partial charge in [0.1, 0.15) is 6.23 Å². The number of aromatic nitrogens is 2. The smallest absolute Gasteiger partial charge is 0.410 e. The number of para-hydroxylation sites is 2. The van der Waals surface area contributed by atoms with Gasteiger partial charge < -0.3 is 18.6 Å². The van der Waals surface area contributed by atoms with Crippen molar-refractivity contribution in [2.75, 3.05) is 4.43 Å². The molecule has 4 aliphatic rings. The molecule has 0 radical (unpaired) electrons. The molecular formula is C41H29IN4O5. The van der Waals surface area contributed by atoms with Crippen molar-refractivity contribution in [1.29, 1.82) is 0 Å². The predicted molar refractivity (Wildman–Crippen MR) is 201 cm³/mol. The van der Waals surface area contributed by atoms with Gasteiger partial charge in [0.2, 0.25) is 0 Å². The van der Waals surface area contributed by atoms with Crippen molar-refractivity contribution in [3.63, 3.8) is 0 Å². The van der Waals surface area contributed by atoms with E-state index >= 15 is 0 Å². The predicted octanol–water partition coefficient (Wildman–Crippen LogP) is 8.11. The lowest BCUT2D eigenvalue weighted by atomic mass is 9.92. The Kier molecular flexibility index (Phi) is 6.03. The fourth-order valence-electron chi connectivity index (χ4n) is 9.33. The van der Waals surface area contributed by atoms with Crippen LogP contribution in [0.4, 0.5) is 4.79 Å². The molecule has 10 heteroatoms. The van der Waals surface area contributed by atoms with Crippen LogP contribution in [0.2, 0.25) is 0 Å². The minimum atomic E-state index is -1.12. The van der Waals surface area contributed by atoms with Crippen LogP contribution in [-0.2, 0) is 28.3 Å². The second-order valence-corrected chi connectivity index (χ2v) is 14.7. The van der Waals surface area contributed by atoms with Crippen LogP contribution >= 0.6 is 22.6 Å². The van der Waals surface area contributed by atoms with Crippen LogP contribution in [0.3, 0.4) is 0 Å². The summed E-state index contributed by atoms with van der Waals surface area (Å²) in [5.41, 5.74) is 5.09. The topological polar surface area (TPSA) is 86.0 Å². The van der Waals surface area contributed by atoms with Gasteiger partial charge in [0.25, 0.3) is 11.8 Å². The maximum absolute atomic E-state index is 14.8. The highest BCUT2D eigenvalue weighted by molar-refractivity contribution is 14.1. The molecule has 7 aromatic rings. The highest BCUT2D eigenvalue weighted by atomic mass is 127. The zero-order chi connectivity index (χ0) is 34.2. The standard InChI is InChI=1S/C41H29IN4O5/c42-22-41-37-29(43(40(49)50-37)20-23-11-3-1-4-12-23)19-30(51-41)45-27-17-9-7-15-25(27)31-33-34(39(48)44(38(33)47)21-24-13-5-2-6-14-24)32-26-16-8-10-18-28(26)46(41)36(32)35(31)45/h1-18,29-30,37H,19-22H2/t29-,30-,37-,41+/m0/s1. The van der Waals surface area contributed by atoms with E-state index in [-0.39, 0.29) is 30.5 Å². The van der Waals surface area contributed by atoms with Crippen molar-refractivity contribution in [2.45, 2.75) is 43.6 Å². The number of amides is 3. The molecular weight excluding hydrogens is 755 g/mol. The van der Waals surface area contributed by atoms with Gasteiger partial charge in [-0.2, -0.15) is 0 Å². The second kappa shape index (κ2) is 10.4. The largest absolute Gasteiger partial charge is 0.439 e. The lowest BCUT2D eigenvalue weighted by Crippen LogP contribution is -2.59. The number of hydrogen-bond donors (Lipinski definition) is 0. The van der Waals surface area contributed by atoms with Crippen molar-refractivity contribution < 1.29 is 23.9 Å². The molecule has 2 saturated heterocycles. The number of alkyl halides is 1. The van der Waals surface area contributed by atoms with E-state index in [2.05, 4.69) is 37.8 Å². The van der Waals surface area contributed by atoms with E-state index in [1.54, 1.807) is 0 Å². The first-order valence-electron chi connectivity index (χ1n) is 17.2. The third kappa shape index (κ3) is 3.71. The van der Waals surface area contributed by atoms with E-state index < -0.39 is 18.1 Å². The van der Waals surface area contributed by atoms with Gasteiger partial charge in [-0.25, -0.2) is 4.79 Å². The van der Waals surface area contributed by atoms with Crippen LogP contribution < -0.4 is 0 Å². The summed E-state index contributed by atoms with van der Waals surface area (Å²) in [6, 6.07) is 35.4. The number of rotatable bonds is 5. The molecule has 0 aliphatic carbocycles. The zero-order valence-electron chi connectivity index (χ0n) is 27.2. The Hall–Kier alpha value is -5.20. The lowest BCUT2D eigenvalue weighted by Gasteiger charge is -2.47. The Morgan fingerprint density at radius 1 is 0.686 bits per heavy atom. The van der Waals surface area contributed by atoms with Crippen LogP contribution in [0.5, 0.6) is 0 Å². The number of ether oxygens (including phenoxy) is 2. The maximum Gasteiger partial charge on any atom is 0.410 e. The molecule has 5 aromatic carbocycles. The average molecular weight is 785 g/mol. The molecule has 4 atom stereocenters. The molecule has 0 N–H and O–H groups in total. The molecule has 3 amide bonds. The number of carbonyl (C=O) groups is 3. The Morgan fingerprint density at radius 2 is 1.25 bits per heavy atom. The normalized spacial score (nSPS) is 23.5. The molecule has 2 aromatic heterocycles. The Balaban J connectivity index is 1.25. The third-order valence-electron chi connectivity index (χ3n) is 11.4. The van der Waals surface area contributed by atoms with Gasteiger partial charge in [-0.05, 0) is 23.3 Å². The molecule has 0 saturated carbocycles. The first-order chi connectivity index (χ1) is 25.0. The van der Waals surface area contributed by atoms with Crippen molar-refractivity contribution in [3.05, 3.63) is 131 Å². The van der Waals surface area contributed by atoms with E-state index in [4.69, 9.17) is 9.47 Å². The van der Waals surface area contributed by atoms with Gasteiger partial charge in [-0.3, -0.25) is 19.4 Å². The average Bonchev–Trinajstić information content (AvgIpc) is 3.84. The lowest BCUT2D eigenvalue weighted by molar-refractivity contribution is -0.236. The first kappa shape index (κ1) is 29.5. The summed E-state index contributed by atoms with van der Waals surface area (Å²) in [7, 11) is 0. The van der Waals surface area contributed by atoms with Gasteiger partial charge in [0.05, 0.1) is 50.2 Å². The van der Waals surface area contributed by atoms with Gasteiger partial charge >= 0.3 is 6.09 Å². The van der Waals surface area contributed by atoms with E-state index in [1.807, 2.05) is 108 Å². The molecule has 2 bridgehead atoms. The summed E-state index contributed by atoms with van der Waals surface area (Å²) >= 11 is 2.36.